The van der Waals surface area contributed by atoms with Gasteiger partial charge in [-0.3, -0.25) is 4.90 Å². The Bertz CT molecular complexity index is 104. The molecule has 2 saturated heterocycles. The summed E-state index contributed by atoms with van der Waals surface area (Å²) in [5, 5.41) is 0. The minimum Gasteiger partial charge on any atom is -0.362 e. The van der Waals surface area contributed by atoms with E-state index in [1.165, 1.54) is 38.8 Å². The Balaban J connectivity index is 1.91. The molecule has 0 aromatic carbocycles. The molecule has 10 heavy (non-hydrogen) atoms. The van der Waals surface area contributed by atoms with Crippen molar-refractivity contribution in [2.45, 2.75) is 31.8 Å². The highest BCUT2D eigenvalue weighted by Crippen LogP contribution is 2.18. The van der Waals surface area contributed by atoms with Crippen LogP contribution in [0.2, 0.25) is 0 Å². The molecule has 0 N–H and O–H groups in total. The molecule has 0 spiro atoms. The van der Waals surface area contributed by atoms with Gasteiger partial charge in [0.25, 0.3) is 0 Å². The second-order valence-corrected chi connectivity index (χ2v) is 3.34. The molecule has 0 amide bonds. The van der Waals surface area contributed by atoms with Crippen LogP contribution in [0.25, 0.3) is 0 Å². The quantitative estimate of drug-likeness (QED) is 0.503. The van der Waals surface area contributed by atoms with Crippen LogP contribution >= 0.6 is 0 Å². The normalized spacial score (nSPS) is 40.8. The van der Waals surface area contributed by atoms with Crippen LogP contribution in [0.15, 0.2) is 0 Å². The molecule has 2 fully saturated rings. The zero-order valence-electron chi connectivity index (χ0n) is 6.38. The maximum Gasteiger partial charge on any atom is 0.0995 e. The molecule has 2 nitrogen and oxygen atoms in total. The lowest BCUT2D eigenvalue weighted by Crippen LogP contribution is -2.24. The van der Waals surface area contributed by atoms with E-state index in [2.05, 4.69) is 4.90 Å². The summed E-state index contributed by atoms with van der Waals surface area (Å²) in [6.07, 6.45) is 6.00. The van der Waals surface area contributed by atoms with Gasteiger partial charge in [0.15, 0.2) is 0 Å². The first-order valence-electron chi connectivity index (χ1n) is 4.29. The van der Waals surface area contributed by atoms with Crippen LogP contribution in [0, 0.1) is 0 Å². The second-order valence-electron chi connectivity index (χ2n) is 3.34. The minimum absolute atomic E-state index is 0.570. The third-order valence-electron chi connectivity index (χ3n) is 2.46. The van der Waals surface area contributed by atoms with Gasteiger partial charge in [-0.15, -0.1) is 0 Å². The van der Waals surface area contributed by atoms with E-state index in [0.29, 0.717) is 6.10 Å². The molecule has 2 atom stereocenters. The van der Waals surface area contributed by atoms with Gasteiger partial charge in [-0.1, -0.05) is 12.8 Å². The first kappa shape index (κ1) is 6.62. The van der Waals surface area contributed by atoms with E-state index < -0.39 is 0 Å². The summed E-state index contributed by atoms with van der Waals surface area (Å²) in [6, 6.07) is 0. The van der Waals surface area contributed by atoms with Crippen LogP contribution in [-0.2, 0) is 4.74 Å². The second kappa shape index (κ2) is 2.89. The van der Waals surface area contributed by atoms with Crippen molar-refractivity contribution in [1.29, 1.82) is 0 Å². The van der Waals surface area contributed by atoms with Crippen LogP contribution in [0.5, 0.6) is 0 Å². The van der Waals surface area contributed by atoms with E-state index in [4.69, 9.17) is 4.74 Å². The van der Waals surface area contributed by atoms with Gasteiger partial charge in [-0.05, 0) is 12.8 Å². The molecule has 0 aliphatic carbocycles. The molecule has 2 unspecified atom stereocenters. The molecule has 2 bridgehead atoms. The third kappa shape index (κ3) is 1.32. The van der Waals surface area contributed by atoms with Crippen LogP contribution in [0.4, 0.5) is 0 Å². The Labute approximate surface area is 62.2 Å². The highest BCUT2D eigenvalue weighted by molar-refractivity contribution is 4.73. The summed E-state index contributed by atoms with van der Waals surface area (Å²) in [5.41, 5.74) is 0. The number of hydrogen-bond donors (Lipinski definition) is 0. The molecule has 2 rings (SSSR count). The largest absolute Gasteiger partial charge is 0.362 e. The van der Waals surface area contributed by atoms with Gasteiger partial charge in [-0.2, -0.15) is 0 Å². The average molecular weight is 141 g/mol. The van der Waals surface area contributed by atoms with Crippen LogP contribution in [0.1, 0.15) is 25.7 Å². The van der Waals surface area contributed by atoms with E-state index in [1.54, 1.807) is 0 Å². The van der Waals surface area contributed by atoms with E-state index >= 15 is 0 Å². The number of rotatable bonds is 0. The summed E-state index contributed by atoms with van der Waals surface area (Å²) in [4.78, 5) is 2.42. The minimum atomic E-state index is 0.570. The zero-order chi connectivity index (χ0) is 6.81. The van der Waals surface area contributed by atoms with Gasteiger partial charge < -0.3 is 4.74 Å². The molecule has 58 valence electrons. The first-order valence-corrected chi connectivity index (χ1v) is 4.29. The maximum atomic E-state index is 5.56. The fraction of sp³-hybridized carbons (Fsp3) is 1.00. The Morgan fingerprint density at radius 1 is 1.20 bits per heavy atom. The molecule has 0 aromatic heterocycles. The topological polar surface area (TPSA) is 12.5 Å². The molecular formula is C8H15NO. The average Bonchev–Trinajstić information content (AvgIpc) is 2.30. The van der Waals surface area contributed by atoms with Gasteiger partial charge in [-0.25, -0.2) is 0 Å². The van der Waals surface area contributed by atoms with Crippen molar-refractivity contribution >= 4 is 0 Å². The van der Waals surface area contributed by atoms with Crippen molar-refractivity contribution in [2.75, 3.05) is 19.8 Å². The number of nitrogens with zero attached hydrogens (tertiary/aromatic N) is 1. The lowest BCUT2D eigenvalue weighted by atomic mass is 10.1. The van der Waals surface area contributed by atoms with Crippen molar-refractivity contribution in [3.8, 4) is 0 Å². The molecule has 2 heterocycles. The molecular weight excluding hydrogens is 126 g/mol. The number of hydrogen-bond acceptors (Lipinski definition) is 2. The van der Waals surface area contributed by atoms with Gasteiger partial charge in [0.1, 0.15) is 0 Å². The summed E-state index contributed by atoms with van der Waals surface area (Å²) >= 11 is 0. The Morgan fingerprint density at radius 3 is 3.20 bits per heavy atom. The van der Waals surface area contributed by atoms with Crippen molar-refractivity contribution in [3.05, 3.63) is 0 Å². The van der Waals surface area contributed by atoms with Crippen molar-refractivity contribution in [1.82, 2.24) is 4.90 Å². The van der Waals surface area contributed by atoms with Crippen molar-refractivity contribution in [3.63, 3.8) is 0 Å². The van der Waals surface area contributed by atoms with Gasteiger partial charge in [0.2, 0.25) is 0 Å². The summed E-state index contributed by atoms with van der Waals surface area (Å²) in [5.74, 6) is 0. The highest BCUT2D eigenvalue weighted by Gasteiger charge is 2.23. The number of ether oxygens (including phenoxy) is 1. The lowest BCUT2D eigenvalue weighted by Gasteiger charge is -2.15. The molecule has 2 heteroatoms. The van der Waals surface area contributed by atoms with E-state index in [-0.39, 0.29) is 0 Å². The third-order valence-corrected chi connectivity index (χ3v) is 2.46. The highest BCUT2D eigenvalue weighted by atomic mass is 16.5. The molecule has 0 saturated carbocycles. The van der Waals surface area contributed by atoms with Gasteiger partial charge >= 0.3 is 0 Å². The predicted octanol–water partition coefficient (Wildman–Crippen LogP) is 1.22. The van der Waals surface area contributed by atoms with E-state index in [0.717, 1.165) is 6.73 Å². The SMILES string of the molecule is C1CCC2CN(CC1)CO2. The monoisotopic (exact) mass is 141 g/mol. The first-order chi connectivity index (χ1) is 4.95. The maximum absolute atomic E-state index is 5.56. The molecule has 0 aromatic rings. The zero-order valence-corrected chi connectivity index (χ0v) is 6.38. The smallest absolute Gasteiger partial charge is 0.0995 e. The van der Waals surface area contributed by atoms with E-state index in [1.807, 2.05) is 0 Å². The molecule has 2 aliphatic rings. The van der Waals surface area contributed by atoms with E-state index in [9.17, 15) is 0 Å². The Kier molecular flexibility index (Phi) is 1.91. The van der Waals surface area contributed by atoms with Gasteiger partial charge in [0.05, 0.1) is 12.8 Å². The Morgan fingerprint density at radius 2 is 2.20 bits per heavy atom. The van der Waals surface area contributed by atoms with Crippen LogP contribution in [-0.4, -0.2) is 30.8 Å². The van der Waals surface area contributed by atoms with Gasteiger partial charge in [0, 0.05) is 13.1 Å². The summed E-state index contributed by atoms with van der Waals surface area (Å²) in [6.45, 7) is 3.35. The summed E-state index contributed by atoms with van der Waals surface area (Å²) in [7, 11) is 0. The van der Waals surface area contributed by atoms with Crippen LogP contribution < -0.4 is 0 Å². The molecule has 0 radical (unpaired) electrons. The lowest BCUT2D eigenvalue weighted by molar-refractivity contribution is 0.0883. The standard InChI is InChI=1S/C8H15NO/c1-2-4-8-6-9(5-3-1)7-10-8/h8H,1-7H2. The van der Waals surface area contributed by atoms with Crippen molar-refractivity contribution < 1.29 is 4.74 Å². The fourth-order valence-electron chi connectivity index (χ4n) is 1.82. The van der Waals surface area contributed by atoms with Crippen molar-refractivity contribution in [2.24, 2.45) is 0 Å². The Hall–Kier alpha value is -0.0800. The van der Waals surface area contributed by atoms with Crippen LogP contribution in [0.3, 0.4) is 0 Å². The summed E-state index contributed by atoms with van der Waals surface area (Å²) < 4.78 is 5.56. The molecule has 2 aliphatic heterocycles. The predicted molar refractivity (Wildman–Crippen MR) is 39.8 cm³/mol. The number of fused-ring (bicyclic) bond motifs is 2. The fourth-order valence-corrected chi connectivity index (χ4v) is 1.82.